The van der Waals surface area contributed by atoms with Crippen LogP contribution in [0.1, 0.15) is 43.1 Å². The zero-order valence-corrected chi connectivity index (χ0v) is 24.6. The van der Waals surface area contributed by atoms with Gasteiger partial charge in [-0.2, -0.15) is 5.10 Å². The van der Waals surface area contributed by atoms with E-state index in [9.17, 15) is 5.11 Å². The number of β-amino-alcohol motifs (C(OH)–C–C–N with tert-alkyl or cyclic N) is 1. The van der Waals surface area contributed by atoms with Crippen molar-refractivity contribution in [1.82, 2.24) is 39.5 Å². The topological polar surface area (TPSA) is 134 Å². The van der Waals surface area contributed by atoms with Gasteiger partial charge in [0.15, 0.2) is 5.65 Å². The van der Waals surface area contributed by atoms with E-state index in [0.29, 0.717) is 18.3 Å². The molecule has 7 rings (SSSR count). The zero-order chi connectivity index (χ0) is 29.3. The number of nitrogens with one attached hydrogen (secondary N) is 1. The largest absolute Gasteiger partial charge is 0.496 e. The highest BCUT2D eigenvalue weighted by atomic mass is 16.5. The molecule has 2 fully saturated rings. The number of piperazine rings is 1. The van der Waals surface area contributed by atoms with Gasteiger partial charge in [-0.05, 0) is 43.9 Å². The van der Waals surface area contributed by atoms with E-state index in [1.807, 2.05) is 24.3 Å². The molecule has 0 atom stereocenters. The molecule has 11 nitrogen and oxygen atoms in total. The molecule has 2 aliphatic rings. The van der Waals surface area contributed by atoms with Crippen LogP contribution in [-0.2, 0) is 6.42 Å². The summed E-state index contributed by atoms with van der Waals surface area (Å²) in [6.45, 7) is 5.23. The Labute approximate surface area is 250 Å². The van der Waals surface area contributed by atoms with E-state index >= 15 is 0 Å². The number of para-hydroxylation sites is 1. The molecule has 1 aliphatic heterocycles. The lowest BCUT2D eigenvalue weighted by atomic mass is 9.90. The van der Waals surface area contributed by atoms with Gasteiger partial charge < -0.3 is 20.6 Å². The van der Waals surface area contributed by atoms with E-state index in [2.05, 4.69) is 47.6 Å². The van der Waals surface area contributed by atoms with Crippen molar-refractivity contribution >= 4 is 27.9 Å². The number of aromatic nitrogens is 6. The number of aliphatic hydroxyl groups excluding tert-OH is 1. The lowest BCUT2D eigenvalue weighted by Gasteiger charge is -2.41. The van der Waals surface area contributed by atoms with Gasteiger partial charge in [-0.3, -0.25) is 9.80 Å². The maximum atomic E-state index is 9.26. The Hall–Kier alpha value is -4.06. The molecule has 3 aromatic heterocycles. The summed E-state index contributed by atoms with van der Waals surface area (Å²) in [7, 11) is 1.69. The van der Waals surface area contributed by atoms with Crippen LogP contribution in [0.25, 0.3) is 33.3 Å². The quantitative estimate of drug-likeness (QED) is 0.251. The standard InChI is InChI=1S/C32H39N9O2/c1-43-27-5-3-2-4-21(27)19-28-36-25-11-6-22(18-26(25)37-28)30-29-31(33)34-20-35-32(29)41(38-30)24-9-7-23(8-10-24)40-14-12-39(13-15-40)16-17-42/h2-6,11,18,20,23-24,42H,7-10,12-17,19H2,1H3,(H,36,37)(H2,33,34,35)/t23-,24+. The number of rotatable bonds is 8. The van der Waals surface area contributed by atoms with Crippen LogP contribution in [0.3, 0.4) is 0 Å². The maximum absolute atomic E-state index is 9.26. The summed E-state index contributed by atoms with van der Waals surface area (Å²) in [5.41, 5.74) is 11.9. The predicted molar refractivity (Wildman–Crippen MR) is 167 cm³/mol. The van der Waals surface area contributed by atoms with Gasteiger partial charge in [0.05, 0.1) is 36.2 Å². The first-order valence-corrected chi connectivity index (χ1v) is 15.3. The summed E-state index contributed by atoms with van der Waals surface area (Å²) in [5, 5.41) is 15.2. The number of ether oxygens (including phenoxy) is 1. The van der Waals surface area contributed by atoms with E-state index in [4.69, 9.17) is 20.6 Å². The third kappa shape index (κ3) is 5.44. The van der Waals surface area contributed by atoms with Gasteiger partial charge in [0.2, 0.25) is 0 Å². The van der Waals surface area contributed by atoms with Gasteiger partial charge in [-0.15, -0.1) is 0 Å². The number of nitrogen functional groups attached to an aromatic ring is 1. The molecule has 0 amide bonds. The van der Waals surface area contributed by atoms with Crippen molar-refractivity contribution in [2.24, 2.45) is 0 Å². The Morgan fingerprint density at radius 1 is 1.00 bits per heavy atom. The fourth-order valence-corrected chi connectivity index (χ4v) is 6.94. The molecule has 224 valence electrons. The molecular formula is C32H39N9O2. The summed E-state index contributed by atoms with van der Waals surface area (Å²) in [4.78, 5) is 22.3. The van der Waals surface area contributed by atoms with Crippen LogP contribution >= 0.6 is 0 Å². The van der Waals surface area contributed by atoms with Gasteiger partial charge in [0.25, 0.3) is 0 Å². The summed E-state index contributed by atoms with van der Waals surface area (Å²) in [6, 6.07) is 15.1. The Morgan fingerprint density at radius 2 is 1.79 bits per heavy atom. The molecule has 0 bridgehead atoms. The molecule has 0 radical (unpaired) electrons. The Morgan fingerprint density at radius 3 is 2.58 bits per heavy atom. The first kappa shape index (κ1) is 27.8. The molecule has 2 aromatic carbocycles. The molecule has 4 N–H and O–H groups in total. The number of nitrogens with two attached hydrogens (primary N) is 1. The van der Waals surface area contributed by atoms with Crippen molar-refractivity contribution in [3.8, 4) is 17.0 Å². The minimum atomic E-state index is 0.236. The van der Waals surface area contributed by atoms with Crippen molar-refractivity contribution in [2.45, 2.75) is 44.2 Å². The highest BCUT2D eigenvalue weighted by molar-refractivity contribution is 5.99. The average molecular weight is 582 g/mol. The van der Waals surface area contributed by atoms with Crippen LogP contribution in [0.5, 0.6) is 5.75 Å². The Balaban J connectivity index is 1.13. The summed E-state index contributed by atoms with van der Waals surface area (Å²) in [5.74, 6) is 2.18. The van der Waals surface area contributed by atoms with E-state index in [1.54, 1.807) is 13.4 Å². The molecule has 1 saturated carbocycles. The molecule has 1 aliphatic carbocycles. The second kappa shape index (κ2) is 11.9. The van der Waals surface area contributed by atoms with Crippen LogP contribution in [0.15, 0.2) is 48.8 Å². The first-order valence-electron chi connectivity index (χ1n) is 15.3. The minimum absolute atomic E-state index is 0.236. The maximum Gasteiger partial charge on any atom is 0.164 e. The van der Waals surface area contributed by atoms with Gasteiger partial charge in [0, 0.05) is 56.3 Å². The SMILES string of the molecule is COc1ccccc1Cc1nc2ccc(-c3nn([C@H]4CC[C@@H](N5CCN(CCO)CC5)CC4)c4ncnc(N)c34)cc2[nH]1. The van der Waals surface area contributed by atoms with Gasteiger partial charge in [0.1, 0.15) is 29.4 Å². The number of aliphatic hydroxyl groups is 1. The van der Waals surface area contributed by atoms with E-state index in [0.717, 1.165) is 109 Å². The number of fused-ring (bicyclic) bond motifs is 2. The highest BCUT2D eigenvalue weighted by Gasteiger charge is 2.31. The van der Waals surface area contributed by atoms with Gasteiger partial charge in [-0.25, -0.2) is 19.6 Å². The van der Waals surface area contributed by atoms with E-state index in [-0.39, 0.29) is 12.6 Å². The lowest BCUT2D eigenvalue weighted by Crippen LogP contribution is -2.51. The zero-order valence-electron chi connectivity index (χ0n) is 24.6. The Bertz CT molecular complexity index is 1710. The van der Waals surface area contributed by atoms with Crippen molar-refractivity contribution in [2.75, 3.05) is 52.2 Å². The van der Waals surface area contributed by atoms with Crippen LogP contribution in [0.2, 0.25) is 0 Å². The third-order valence-corrected chi connectivity index (χ3v) is 9.22. The van der Waals surface area contributed by atoms with Crippen LogP contribution in [0, 0.1) is 0 Å². The normalized spacial score (nSPS) is 20.2. The second-order valence-electron chi connectivity index (χ2n) is 11.7. The molecule has 5 aromatic rings. The van der Waals surface area contributed by atoms with Crippen molar-refractivity contribution in [3.63, 3.8) is 0 Å². The number of anilines is 1. The molecule has 0 unspecified atom stereocenters. The van der Waals surface area contributed by atoms with Crippen molar-refractivity contribution in [3.05, 3.63) is 60.2 Å². The molecular weight excluding hydrogens is 542 g/mol. The second-order valence-corrected chi connectivity index (χ2v) is 11.7. The number of methoxy groups -OCH3 is 1. The third-order valence-electron chi connectivity index (χ3n) is 9.22. The fraction of sp³-hybridized carbons (Fsp3) is 0.438. The summed E-state index contributed by atoms with van der Waals surface area (Å²) < 4.78 is 7.63. The van der Waals surface area contributed by atoms with Crippen LogP contribution in [0.4, 0.5) is 5.82 Å². The number of H-pyrrole nitrogens is 1. The number of benzene rings is 2. The number of hydrogen-bond acceptors (Lipinski definition) is 9. The highest BCUT2D eigenvalue weighted by Crippen LogP contribution is 2.37. The fourth-order valence-electron chi connectivity index (χ4n) is 6.94. The smallest absolute Gasteiger partial charge is 0.164 e. The van der Waals surface area contributed by atoms with E-state index in [1.165, 1.54) is 0 Å². The molecule has 43 heavy (non-hydrogen) atoms. The molecule has 4 heterocycles. The van der Waals surface area contributed by atoms with Crippen molar-refractivity contribution < 1.29 is 9.84 Å². The monoisotopic (exact) mass is 581 g/mol. The minimum Gasteiger partial charge on any atom is -0.496 e. The number of aromatic amines is 1. The lowest BCUT2D eigenvalue weighted by molar-refractivity contribution is 0.0629. The number of nitrogens with zero attached hydrogens (tertiary/aromatic N) is 7. The van der Waals surface area contributed by atoms with Crippen molar-refractivity contribution in [1.29, 1.82) is 0 Å². The predicted octanol–water partition coefficient (Wildman–Crippen LogP) is 3.64. The van der Waals surface area contributed by atoms with Crippen LogP contribution in [-0.4, -0.2) is 97.1 Å². The van der Waals surface area contributed by atoms with Gasteiger partial charge in [-0.1, -0.05) is 24.3 Å². The summed E-state index contributed by atoms with van der Waals surface area (Å²) in [6.07, 6.45) is 6.56. The summed E-state index contributed by atoms with van der Waals surface area (Å²) >= 11 is 0. The molecule has 1 saturated heterocycles. The Kier molecular flexibility index (Phi) is 7.69. The van der Waals surface area contributed by atoms with Crippen LogP contribution < -0.4 is 10.5 Å². The average Bonchev–Trinajstić information content (AvgIpc) is 3.63. The molecule has 0 spiro atoms. The number of imidazole rings is 1. The molecule has 11 heteroatoms. The van der Waals surface area contributed by atoms with E-state index < -0.39 is 0 Å². The van der Waals surface area contributed by atoms with Gasteiger partial charge >= 0.3 is 0 Å². The number of hydrogen-bond donors (Lipinski definition) is 3. The first-order chi connectivity index (χ1) is 21.1.